The number of tetrazole rings is 1. The van der Waals surface area contributed by atoms with E-state index in [0.29, 0.717) is 25.2 Å². The molecule has 8 heteroatoms. The second kappa shape index (κ2) is 10.5. The van der Waals surface area contributed by atoms with Crippen LogP contribution in [0.3, 0.4) is 0 Å². The SMILES string of the molecule is Cc1ccc(CN(Cc2cc3cccc(C)c3[nH]c2=O)[C@@H](c2nnnn2Cc2ccco2)C(C)C)cc1. The molecule has 3 aromatic heterocycles. The summed E-state index contributed by atoms with van der Waals surface area (Å²) >= 11 is 0. The maximum atomic E-state index is 13.2. The normalized spacial score (nSPS) is 12.6. The first-order valence-corrected chi connectivity index (χ1v) is 12.6. The highest BCUT2D eigenvalue weighted by atomic mass is 16.3. The first-order valence-electron chi connectivity index (χ1n) is 12.6. The van der Waals surface area contributed by atoms with Gasteiger partial charge in [-0.05, 0) is 64.9 Å². The molecule has 8 nitrogen and oxygen atoms in total. The number of benzene rings is 2. The Labute approximate surface area is 215 Å². The topological polar surface area (TPSA) is 92.8 Å². The van der Waals surface area contributed by atoms with E-state index < -0.39 is 0 Å². The van der Waals surface area contributed by atoms with Crippen LogP contribution in [0.2, 0.25) is 0 Å². The highest BCUT2D eigenvalue weighted by Gasteiger charge is 2.30. The highest BCUT2D eigenvalue weighted by molar-refractivity contribution is 5.81. The number of aryl methyl sites for hydroxylation is 2. The van der Waals surface area contributed by atoms with Crippen LogP contribution in [0, 0.1) is 19.8 Å². The molecule has 37 heavy (non-hydrogen) atoms. The highest BCUT2D eigenvalue weighted by Crippen LogP contribution is 2.30. The molecule has 0 unspecified atom stereocenters. The minimum absolute atomic E-state index is 0.0756. The molecular formula is C29H32N6O2. The fourth-order valence-corrected chi connectivity index (χ4v) is 4.91. The van der Waals surface area contributed by atoms with Crippen LogP contribution in [-0.2, 0) is 19.6 Å². The van der Waals surface area contributed by atoms with Gasteiger partial charge in [0.25, 0.3) is 5.56 Å². The van der Waals surface area contributed by atoms with Crippen molar-refractivity contribution in [2.45, 2.75) is 53.4 Å². The summed E-state index contributed by atoms with van der Waals surface area (Å²) < 4.78 is 7.35. The summed E-state index contributed by atoms with van der Waals surface area (Å²) in [6, 6.07) is 20.2. The molecule has 3 heterocycles. The lowest BCUT2D eigenvalue weighted by Crippen LogP contribution is -2.35. The van der Waals surface area contributed by atoms with E-state index >= 15 is 0 Å². The molecule has 0 amide bonds. The molecule has 5 aromatic rings. The molecule has 0 fully saturated rings. The van der Waals surface area contributed by atoms with Gasteiger partial charge in [-0.15, -0.1) is 5.10 Å². The van der Waals surface area contributed by atoms with Crippen molar-refractivity contribution in [3.63, 3.8) is 0 Å². The molecule has 0 aliphatic carbocycles. The summed E-state index contributed by atoms with van der Waals surface area (Å²) in [4.78, 5) is 18.6. The van der Waals surface area contributed by atoms with Crippen molar-refractivity contribution >= 4 is 10.9 Å². The first-order chi connectivity index (χ1) is 17.9. The number of hydrogen-bond acceptors (Lipinski definition) is 6. The smallest absolute Gasteiger partial charge is 0.252 e. The largest absolute Gasteiger partial charge is 0.467 e. The van der Waals surface area contributed by atoms with Gasteiger partial charge in [-0.2, -0.15) is 0 Å². The minimum atomic E-state index is -0.140. The Bertz CT molecular complexity index is 1530. The van der Waals surface area contributed by atoms with Gasteiger partial charge in [0.05, 0.1) is 17.8 Å². The van der Waals surface area contributed by atoms with Gasteiger partial charge < -0.3 is 9.40 Å². The fraction of sp³-hybridized carbons (Fsp3) is 0.310. The van der Waals surface area contributed by atoms with E-state index in [9.17, 15) is 4.79 Å². The predicted molar refractivity (Wildman–Crippen MR) is 143 cm³/mol. The maximum Gasteiger partial charge on any atom is 0.252 e. The molecule has 0 bridgehead atoms. The molecule has 5 rings (SSSR count). The number of aromatic nitrogens is 5. The van der Waals surface area contributed by atoms with Crippen LogP contribution < -0.4 is 5.56 Å². The number of H-pyrrole nitrogens is 1. The van der Waals surface area contributed by atoms with Crippen LogP contribution in [-0.4, -0.2) is 30.1 Å². The lowest BCUT2D eigenvalue weighted by atomic mass is 9.99. The fourth-order valence-electron chi connectivity index (χ4n) is 4.91. The summed E-state index contributed by atoms with van der Waals surface area (Å²) in [5, 5.41) is 13.8. The van der Waals surface area contributed by atoms with Crippen LogP contribution in [0.4, 0.5) is 0 Å². The van der Waals surface area contributed by atoms with Crippen molar-refractivity contribution in [2.75, 3.05) is 0 Å². The van der Waals surface area contributed by atoms with Gasteiger partial charge in [0.2, 0.25) is 0 Å². The molecular weight excluding hydrogens is 464 g/mol. The molecule has 0 aliphatic heterocycles. The van der Waals surface area contributed by atoms with Crippen molar-refractivity contribution in [3.8, 4) is 0 Å². The van der Waals surface area contributed by atoms with Gasteiger partial charge >= 0.3 is 0 Å². The summed E-state index contributed by atoms with van der Waals surface area (Å²) in [6.07, 6.45) is 1.65. The molecule has 1 N–H and O–H groups in total. The molecule has 1 atom stereocenters. The van der Waals surface area contributed by atoms with Gasteiger partial charge in [0.15, 0.2) is 5.82 Å². The van der Waals surface area contributed by atoms with Crippen LogP contribution in [0.5, 0.6) is 0 Å². The molecule has 0 radical (unpaired) electrons. The Morgan fingerprint density at radius 1 is 1.03 bits per heavy atom. The standard InChI is InChI=1S/C29H32N6O2/c1-19(2)27(28-31-32-33-35(28)18-25-9-6-14-37-25)34(16-22-12-10-20(3)11-13-22)17-24-15-23-8-5-7-21(4)26(23)30-29(24)36/h5-15,19,27H,16-18H2,1-4H3,(H,30,36)/t27-/m1/s1. The summed E-state index contributed by atoms with van der Waals surface area (Å²) in [5.74, 6) is 1.70. The Morgan fingerprint density at radius 2 is 1.84 bits per heavy atom. The Balaban J connectivity index is 1.56. The number of aromatic amines is 1. The van der Waals surface area contributed by atoms with Gasteiger partial charge in [0, 0.05) is 18.7 Å². The van der Waals surface area contributed by atoms with Crippen molar-refractivity contribution in [3.05, 3.63) is 111 Å². The van der Waals surface area contributed by atoms with E-state index in [1.807, 2.05) is 43.3 Å². The monoisotopic (exact) mass is 496 g/mol. The third-order valence-corrected chi connectivity index (χ3v) is 6.78. The van der Waals surface area contributed by atoms with Crippen molar-refractivity contribution in [1.29, 1.82) is 0 Å². The third kappa shape index (κ3) is 5.39. The number of fused-ring (bicyclic) bond motifs is 1. The number of rotatable bonds is 9. The Kier molecular flexibility index (Phi) is 7.01. The zero-order valence-corrected chi connectivity index (χ0v) is 21.7. The number of furan rings is 1. The lowest BCUT2D eigenvalue weighted by Gasteiger charge is -2.33. The molecule has 0 saturated heterocycles. The number of nitrogens with zero attached hydrogens (tertiary/aromatic N) is 5. The van der Waals surface area contributed by atoms with E-state index in [-0.39, 0.29) is 17.5 Å². The molecule has 2 aromatic carbocycles. The number of pyridine rings is 1. The molecule has 0 spiro atoms. The van der Waals surface area contributed by atoms with Crippen LogP contribution in [0.15, 0.2) is 76.1 Å². The molecule has 0 aliphatic rings. The van der Waals surface area contributed by atoms with Crippen molar-refractivity contribution in [2.24, 2.45) is 5.92 Å². The van der Waals surface area contributed by atoms with Gasteiger partial charge in [-0.1, -0.05) is 61.9 Å². The number of para-hydroxylation sites is 1. The number of hydrogen-bond donors (Lipinski definition) is 1. The van der Waals surface area contributed by atoms with Crippen molar-refractivity contribution < 1.29 is 4.42 Å². The van der Waals surface area contributed by atoms with E-state index in [2.05, 4.69) is 70.4 Å². The van der Waals surface area contributed by atoms with E-state index in [0.717, 1.165) is 33.6 Å². The summed E-state index contributed by atoms with van der Waals surface area (Å²) in [5.41, 5.74) is 4.93. The number of nitrogens with one attached hydrogen (secondary N) is 1. The average Bonchev–Trinajstić information content (AvgIpc) is 3.54. The third-order valence-electron chi connectivity index (χ3n) is 6.78. The zero-order valence-electron chi connectivity index (χ0n) is 21.7. The summed E-state index contributed by atoms with van der Waals surface area (Å²) in [6.45, 7) is 9.94. The van der Waals surface area contributed by atoms with E-state index in [1.165, 1.54) is 5.56 Å². The van der Waals surface area contributed by atoms with E-state index in [1.54, 1.807) is 10.9 Å². The summed E-state index contributed by atoms with van der Waals surface area (Å²) in [7, 11) is 0. The maximum absolute atomic E-state index is 13.2. The predicted octanol–water partition coefficient (Wildman–Crippen LogP) is 5.17. The molecule has 0 saturated carbocycles. The van der Waals surface area contributed by atoms with Crippen LogP contribution in [0.25, 0.3) is 10.9 Å². The van der Waals surface area contributed by atoms with Crippen molar-refractivity contribution in [1.82, 2.24) is 30.1 Å². The lowest BCUT2D eigenvalue weighted by molar-refractivity contribution is 0.125. The second-order valence-electron chi connectivity index (χ2n) is 10.0. The second-order valence-corrected chi connectivity index (χ2v) is 10.0. The quantitative estimate of drug-likeness (QED) is 0.303. The molecule has 190 valence electrons. The van der Waals surface area contributed by atoms with Gasteiger partial charge in [0.1, 0.15) is 12.3 Å². The van der Waals surface area contributed by atoms with E-state index in [4.69, 9.17) is 4.42 Å². The van der Waals surface area contributed by atoms with Crippen LogP contribution >= 0.6 is 0 Å². The van der Waals surface area contributed by atoms with Gasteiger partial charge in [-0.25, -0.2) is 4.68 Å². The Hall–Kier alpha value is -4.04. The first kappa shape index (κ1) is 24.6. The van der Waals surface area contributed by atoms with Gasteiger partial charge in [-0.3, -0.25) is 9.69 Å². The average molecular weight is 497 g/mol. The van der Waals surface area contributed by atoms with Crippen LogP contribution in [0.1, 0.15) is 53.7 Å². The Morgan fingerprint density at radius 3 is 2.57 bits per heavy atom. The zero-order chi connectivity index (χ0) is 25.9. The minimum Gasteiger partial charge on any atom is -0.467 e.